The van der Waals surface area contributed by atoms with Gasteiger partial charge in [-0.2, -0.15) is 0 Å². The minimum atomic E-state index is -0.625. The summed E-state index contributed by atoms with van der Waals surface area (Å²) in [6.07, 6.45) is 4.15. The number of hydrogen-bond acceptors (Lipinski definition) is 3. The van der Waals surface area contributed by atoms with Crippen LogP contribution in [0.5, 0.6) is 11.5 Å². The Bertz CT molecular complexity index is 388. The highest BCUT2D eigenvalue weighted by Crippen LogP contribution is 2.31. The fourth-order valence-electron chi connectivity index (χ4n) is 1.22. The zero-order valence-electron chi connectivity index (χ0n) is 9.14. The van der Waals surface area contributed by atoms with Gasteiger partial charge < -0.3 is 9.47 Å². The van der Waals surface area contributed by atoms with Gasteiger partial charge in [-0.3, -0.25) is 4.79 Å². The number of allylic oxidation sites excluding steroid dienone is 1. The number of carbonyl (C=O) groups excluding carboxylic acids is 1. The fourth-order valence-corrected chi connectivity index (χ4v) is 1.45. The van der Waals surface area contributed by atoms with Crippen LogP contribution >= 0.6 is 11.6 Å². The van der Waals surface area contributed by atoms with E-state index in [2.05, 4.69) is 0 Å². The molecule has 4 heteroatoms. The molecule has 0 spiro atoms. The van der Waals surface area contributed by atoms with Crippen molar-refractivity contribution in [2.45, 2.75) is 12.5 Å². The zero-order valence-corrected chi connectivity index (χ0v) is 9.90. The molecule has 0 saturated carbocycles. The van der Waals surface area contributed by atoms with Crippen molar-refractivity contribution in [1.29, 1.82) is 0 Å². The molecule has 0 radical (unpaired) electrons. The average Bonchev–Trinajstić information content (AvgIpc) is 2.29. The van der Waals surface area contributed by atoms with Gasteiger partial charge in [0.25, 0.3) is 0 Å². The van der Waals surface area contributed by atoms with Crippen molar-refractivity contribution in [1.82, 2.24) is 0 Å². The molecule has 1 unspecified atom stereocenters. The summed E-state index contributed by atoms with van der Waals surface area (Å²) in [7, 11) is 1.51. The Morgan fingerprint density at radius 2 is 2.19 bits per heavy atom. The largest absolute Gasteiger partial charge is 0.493 e. The molecule has 0 aliphatic rings. The number of rotatable bonds is 5. The van der Waals surface area contributed by atoms with Gasteiger partial charge in [0.2, 0.25) is 0 Å². The average molecular weight is 241 g/mol. The van der Waals surface area contributed by atoms with Gasteiger partial charge in [0.1, 0.15) is 0 Å². The lowest BCUT2D eigenvalue weighted by Gasteiger charge is -2.14. The molecular weight excluding hydrogens is 228 g/mol. The van der Waals surface area contributed by atoms with E-state index in [-0.39, 0.29) is 0 Å². The van der Waals surface area contributed by atoms with Gasteiger partial charge in [-0.05, 0) is 25.1 Å². The van der Waals surface area contributed by atoms with Gasteiger partial charge >= 0.3 is 0 Å². The lowest BCUT2D eigenvalue weighted by molar-refractivity contribution is 0.111. The van der Waals surface area contributed by atoms with Crippen LogP contribution in [-0.2, 0) is 0 Å². The number of alkyl halides is 1. The fraction of sp³-hybridized carbons (Fsp3) is 0.250. The summed E-state index contributed by atoms with van der Waals surface area (Å²) in [4.78, 5) is 10.8. The summed E-state index contributed by atoms with van der Waals surface area (Å²) in [5.74, 6) is 0.845. The maximum atomic E-state index is 10.8. The van der Waals surface area contributed by atoms with E-state index in [4.69, 9.17) is 21.1 Å². The first kappa shape index (κ1) is 12.6. The first-order valence-corrected chi connectivity index (χ1v) is 5.22. The topological polar surface area (TPSA) is 35.5 Å². The maximum Gasteiger partial charge on any atom is 0.191 e. The van der Waals surface area contributed by atoms with E-state index in [1.165, 1.54) is 7.11 Å². The number of aldehydes is 1. The van der Waals surface area contributed by atoms with Crippen molar-refractivity contribution >= 4 is 17.9 Å². The van der Waals surface area contributed by atoms with E-state index in [0.717, 1.165) is 0 Å². The van der Waals surface area contributed by atoms with Crippen LogP contribution in [0.2, 0.25) is 0 Å². The van der Waals surface area contributed by atoms with Crippen LogP contribution in [0.15, 0.2) is 30.4 Å². The monoisotopic (exact) mass is 240 g/mol. The highest BCUT2D eigenvalue weighted by Gasteiger charge is 2.12. The number of methoxy groups -OCH3 is 1. The van der Waals surface area contributed by atoms with Crippen molar-refractivity contribution in [2.24, 2.45) is 0 Å². The van der Waals surface area contributed by atoms with Crippen molar-refractivity contribution in [3.05, 3.63) is 35.9 Å². The van der Waals surface area contributed by atoms with Gasteiger partial charge in [-0.15, -0.1) is 0 Å². The first-order valence-electron chi connectivity index (χ1n) is 4.78. The van der Waals surface area contributed by atoms with Crippen molar-refractivity contribution in [2.75, 3.05) is 7.11 Å². The molecule has 0 aliphatic heterocycles. The Balaban J connectivity index is 3.03. The third-order valence-electron chi connectivity index (χ3n) is 1.93. The van der Waals surface area contributed by atoms with Gasteiger partial charge in [0.05, 0.1) is 12.7 Å². The van der Waals surface area contributed by atoms with Crippen molar-refractivity contribution in [3.63, 3.8) is 0 Å². The number of para-hydroxylation sites is 1. The molecule has 86 valence electrons. The van der Waals surface area contributed by atoms with Crippen LogP contribution in [0.1, 0.15) is 17.3 Å². The predicted molar refractivity (Wildman–Crippen MR) is 63.5 cm³/mol. The lowest BCUT2D eigenvalue weighted by atomic mass is 10.2. The van der Waals surface area contributed by atoms with Gasteiger partial charge in [0, 0.05) is 0 Å². The second-order valence-corrected chi connectivity index (χ2v) is 3.42. The molecular formula is C12H13ClO3. The van der Waals surface area contributed by atoms with E-state index in [9.17, 15) is 4.79 Å². The molecule has 0 amide bonds. The Hall–Kier alpha value is -1.48. The normalized spacial score (nSPS) is 12.4. The highest BCUT2D eigenvalue weighted by molar-refractivity contribution is 6.21. The second kappa shape index (κ2) is 6.18. The Morgan fingerprint density at radius 1 is 1.44 bits per heavy atom. The van der Waals surface area contributed by atoms with Crippen LogP contribution in [0, 0.1) is 0 Å². The first-order chi connectivity index (χ1) is 7.72. The van der Waals surface area contributed by atoms with Gasteiger partial charge in [-0.25, -0.2) is 0 Å². The molecule has 0 fully saturated rings. The van der Waals surface area contributed by atoms with E-state index >= 15 is 0 Å². The molecule has 16 heavy (non-hydrogen) atoms. The molecule has 0 saturated heterocycles. The molecule has 0 aromatic heterocycles. The second-order valence-electron chi connectivity index (χ2n) is 2.99. The quantitative estimate of drug-likeness (QED) is 0.451. The standard InChI is InChI=1S/C12H13ClO3/c1-3-5-11(13)16-12-9(8-14)6-4-7-10(12)15-2/h3-8,11H,1-2H3. The van der Waals surface area contributed by atoms with Crippen molar-refractivity contribution < 1.29 is 14.3 Å². The summed E-state index contributed by atoms with van der Waals surface area (Å²) in [5, 5.41) is 0. The lowest BCUT2D eigenvalue weighted by Crippen LogP contribution is -2.07. The molecule has 1 aromatic rings. The third kappa shape index (κ3) is 3.00. The molecule has 0 N–H and O–H groups in total. The van der Waals surface area contributed by atoms with E-state index < -0.39 is 5.56 Å². The number of benzene rings is 1. The molecule has 1 rings (SSSR count). The maximum absolute atomic E-state index is 10.8. The zero-order chi connectivity index (χ0) is 12.0. The van der Waals surface area contributed by atoms with Gasteiger partial charge in [0.15, 0.2) is 23.3 Å². The van der Waals surface area contributed by atoms with Crippen molar-refractivity contribution in [3.8, 4) is 11.5 Å². The smallest absolute Gasteiger partial charge is 0.191 e. The molecule has 0 aliphatic carbocycles. The highest BCUT2D eigenvalue weighted by atomic mass is 35.5. The SMILES string of the molecule is CC=CC(Cl)Oc1c(C=O)cccc1OC. The Labute approximate surface area is 99.6 Å². The summed E-state index contributed by atoms with van der Waals surface area (Å²) in [6.45, 7) is 1.83. The summed E-state index contributed by atoms with van der Waals surface area (Å²) in [6, 6.07) is 5.07. The van der Waals surface area contributed by atoms with Crippen LogP contribution in [-0.4, -0.2) is 19.0 Å². The van der Waals surface area contributed by atoms with Crippen LogP contribution in [0.3, 0.4) is 0 Å². The van der Waals surface area contributed by atoms with Crippen LogP contribution in [0.25, 0.3) is 0 Å². The number of carbonyl (C=O) groups is 1. The molecule has 1 atom stereocenters. The minimum Gasteiger partial charge on any atom is -0.493 e. The summed E-state index contributed by atoms with van der Waals surface area (Å²) < 4.78 is 10.5. The van der Waals surface area contributed by atoms with Crippen LogP contribution in [0.4, 0.5) is 0 Å². The molecule has 1 aromatic carbocycles. The minimum absolute atomic E-state index is 0.359. The number of ether oxygens (including phenoxy) is 2. The number of halogens is 1. The Kier molecular flexibility index (Phi) is 4.86. The Morgan fingerprint density at radius 3 is 2.75 bits per heavy atom. The molecule has 0 bridgehead atoms. The number of hydrogen-bond donors (Lipinski definition) is 0. The van der Waals surface area contributed by atoms with Crippen LogP contribution < -0.4 is 9.47 Å². The van der Waals surface area contributed by atoms with E-state index in [0.29, 0.717) is 23.3 Å². The van der Waals surface area contributed by atoms with E-state index in [1.807, 2.05) is 6.92 Å². The summed E-state index contributed by atoms with van der Waals surface area (Å²) >= 11 is 5.89. The van der Waals surface area contributed by atoms with E-state index in [1.54, 1.807) is 30.4 Å². The summed E-state index contributed by atoms with van der Waals surface area (Å²) in [5.41, 5.74) is -0.213. The molecule has 3 nitrogen and oxygen atoms in total. The third-order valence-corrected chi connectivity index (χ3v) is 2.17. The molecule has 0 heterocycles. The van der Waals surface area contributed by atoms with Gasteiger partial charge in [-0.1, -0.05) is 23.7 Å². The predicted octanol–water partition coefficient (Wildman–Crippen LogP) is 3.03.